The summed E-state index contributed by atoms with van der Waals surface area (Å²) in [7, 11) is 1.79. The lowest BCUT2D eigenvalue weighted by Gasteiger charge is -2.26. The maximum Gasteiger partial charge on any atom is 0.303 e. The number of hydrogen-bond donors (Lipinski definition) is 2. The number of rotatable bonds is 5. The molecule has 0 amide bonds. The van der Waals surface area contributed by atoms with Gasteiger partial charge in [-0.25, -0.2) is 9.97 Å². The summed E-state index contributed by atoms with van der Waals surface area (Å²) in [4.78, 5) is 19.2. The normalized spacial score (nSPS) is 15.4. The molecule has 5 nitrogen and oxygen atoms in total. The van der Waals surface area contributed by atoms with Crippen molar-refractivity contribution in [1.82, 2.24) is 9.97 Å². The summed E-state index contributed by atoms with van der Waals surface area (Å²) < 4.78 is 0. The Labute approximate surface area is 100 Å². The lowest BCUT2D eigenvalue weighted by atomic mass is 9.81. The molecular weight excluding hydrogens is 218 g/mol. The summed E-state index contributed by atoms with van der Waals surface area (Å²) in [6.07, 6.45) is 5.96. The van der Waals surface area contributed by atoms with Gasteiger partial charge in [0.15, 0.2) is 0 Å². The molecule has 1 aliphatic carbocycles. The van der Waals surface area contributed by atoms with Crippen molar-refractivity contribution in [1.29, 1.82) is 0 Å². The number of anilines is 1. The number of hydrogen-bond acceptors (Lipinski definition) is 4. The highest BCUT2D eigenvalue weighted by Crippen LogP contribution is 2.37. The van der Waals surface area contributed by atoms with Crippen molar-refractivity contribution in [2.45, 2.75) is 38.0 Å². The van der Waals surface area contributed by atoms with Crippen LogP contribution in [0.5, 0.6) is 0 Å². The van der Waals surface area contributed by atoms with Crippen LogP contribution in [0.2, 0.25) is 0 Å². The van der Waals surface area contributed by atoms with Crippen LogP contribution in [0.4, 0.5) is 5.95 Å². The standard InChI is InChI=1S/C12H17N3O2/c1-13-12-14-7-9(5-6-10(16)17)11(15-12)8-3-2-4-8/h7-8H,2-6H2,1H3,(H,16,17)(H,13,14,15). The van der Waals surface area contributed by atoms with Gasteiger partial charge in [-0.2, -0.15) is 0 Å². The molecule has 1 heterocycles. The summed E-state index contributed by atoms with van der Waals surface area (Å²) in [5.41, 5.74) is 2.02. The van der Waals surface area contributed by atoms with Gasteiger partial charge in [-0.3, -0.25) is 4.79 Å². The molecule has 0 radical (unpaired) electrons. The van der Waals surface area contributed by atoms with Gasteiger partial charge in [0, 0.05) is 25.6 Å². The second kappa shape index (κ2) is 5.12. The van der Waals surface area contributed by atoms with Gasteiger partial charge >= 0.3 is 5.97 Å². The number of nitrogens with zero attached hydrogens (tertiary/aromatic N) is 2. The first kappa shape index (κ1) is 11.8. The van der Waals surface area contributed by atoms with Crippen molar-refractivity contribution >= 4 is 11.9 Å². The first-order valence-electron chi connectivity index (χ1n) is 5.96. The summed E-state index contributed by atoms with van der Waals surface area (Å²) in [5, 5.41) is 11.6. The van der Waals surface area contributed by atoms with E-state index < -0.39 is 5.97 Å². The van der Waals surface area contributed by atoms with E-state index in [2.05, 4.69) is 15.3 Å². The van der Waals surface area contributed by atoms with Crippen LogP contribution in [-0.4, -0.2) is 28.1 Å². The maximum atomic E-state index is 10.6. The Bertz CT molecular complexity index is 416. The van der Waals surface area contributed by atoms with E-state index in [1.165, 1.54) is 6.42 Å². The first-order valence-corrected chi connectivity index (χ1v) is 5.96. The highest BCUT2D eigenvalue weighted by Gasteiger charge is 2.24. The molecule has 0 unspecified atom stereocenters. The summed E-state index contributed by atoms with van der Waals surface area (Å²) in [6, 6.07) is 0. The van der Waals surface area contributed by atoms with E-state index in [-0.39, 0.29) is 6.42 Å². The average molecular weight is 235 g/mol. The van der Waals surface area contributed by atoms with E-state index in [1.54, 1.807) is 13.2 Å². The lowest BCUT2D eigenvalue weighted by Crippen LogP contribution is -2.15. The van der Waals surface area contributed by atoms with Gasteiger partial charge in [0.05, 0.1) is 5.69 Å². The van der Waals surface area contributed by atoms with Gasteiger partial charge in [-0.15, -0.1) is 0 Å². The smallest absolute Gasteiger partial charge is 0.303 e. The van der Waals surface area contributed by atoms with Crippen LogP contribution < -0.4 is 5.32 Å². The molecule has 0 spiro atoms. The number of aryl methyl sites for hydroxylation is 1. The number of aliphatic carboxylic acids is 1. The molecule has 17 heavy (non-hydrogen) atoms. The minimum absolute atomic E-state index is 0.141. The van der Waals surface area contributed by atoms with Crippen molar-refractivity contribution in [3.8, 4) is 0 Å². The maximum absolute atomic E-state index is 10.6. The molecule has 2 N–H and O–H groups in total. The van der Waals surface area contributed by atoms with Crippen molar-refractivity contribution in [2.24, 2.45) is 0 Å². The predicted octanol–water partition coefficient (Wildman–Crippen LogP) is 1.80. The molecule has 1 aliphatic rings. The lowest BCUT2D eigenvalue weighted by molar-refractivity contribution is -0.136. The Morgan fingerprint density at radius 2 is 2.35 bits per heavy atom. The third kappa shape index (κ3) is 2.72. The molecule has 1 fully saturated rings. The van der Waals surface area contributed by atoms with Crippen molar-refractivity contribution in [3.05, 3.63) is 17.5 Å². The van der Waals surface area contributed by atoms with Gasteiger partial charge in [-0.05, 0) is 24.8 Å². The molecule has 0 bridgehead atoms. The molecule has 1 saturated carbocycles. The Hall–Kier alpha value is -1.65. The summed E-state index contributed by atoms with van der Waals surface area (Å²) >= 11 is 0. The van der Waals surface area contributed by atoms with Crippen LogP contribution in [0.25, 0.3) is 0 Å². The van der Waals surface area contributed by atoms with Crippen LogP contribution in [0.3, 0.4) is 0 Å². The Morgan fingerprint density at radius 3 is 2.88 bits per heavy atom. The monoisotopic (exact) mass is 235 g/mol. The number of carboxylic acids is 1. The molecule has 5 heteroatoms. The fourth-order valence-corrected chi connectivity index (χ4v) is 2.01. The molecule has 2 rings (SSSR count). The second-order valence-electron chi connectivity index (χ2n) is 4.38. The Morgan fingerprint density at radius 1 is 1.59 bits per heavy atom. The van der Waals surface area contributed by atoms with E-state index in [1.807, 2.05) is 0 Å². The highest BCUT2D eigenvalue weighted by atomic mass is 16.4. The number of nitrogens with one attached hydrogen (secondary N) is 1. The fourth-order valence-electron chi connectivity index (χ4n) is 2.01. The number of carbonyl (C=O) groups is 1. The zero-order chi connectivity index (χ0) is 12.3. The SMILES string of the molecule is CNc1ncc(CCC(=O)O)c(C2CCC2)n1. The molecule has 0 aliphatic heterocycles. The first-order chi connectivity index (χ1) is 8.20. The quantitative estimate of drug-likeness (QED) is 0.814. The van der Waals surface area contributed by atoms with Crippen molar-refractivity contribution in [3.63, 3.8) is 0 Å². The topological polar surface area (TPSA) is 75.1 Å². The zero-order valence-corrected chi connectivity index (χ0v) is 9.94. The third-order valence-electron chi connectivity index (χ3n) is 3.22. The van der Waals surface area contributed by atoms with Crippen LogP contribution in [0.15, 0.2) is 6.20 Å². The predicted molar refractivity (Wildman–Crippen MR) is 64.1 cm³/mol. The van der Waals surface area contributed by atoms with Gasteiger partial charge in [0.2, 0.25) is 5.95 Å². The minimum atomic E-state index is -0.776. The van der Waals surface area contributed by atoms with E-state index >= 15 is 0 Å². The Balaban J connectivity index is 2.19. The van der Waals surface area contributed by atoms with Gasteiger partial charge < -0.3 is 10.4 Å². The van der Waals surface area contributed by atoms with Gasteiger partial charge in [0.25, 0.3) is 0 Å². The highest BCUT2D eigenvalue weighted by molar-refractivity contribution is 5.67. The van der Waals surface area contributed by atoms with Crippen LogP contribution in [0.1, 0.15) is 42.9 Å². The zero-order valence-electron chi connectivity index (χ0n) is 9.94. The van der Waals surface area contributed by atoms with Crippen LogP contribution >= 0.6 is 0 Å². The van der Waals surface area contributed by atoms with E-state index in [0.717, 1.165) is 24.1 Å². The van der Waals surface area contributed by atoms with E-state index in [4.69, 9.17) is 5.11 Å². The van der Waals surface area contributed by atoms with Crippen LogP contribution in [0, 0.1) is 0 Å². The van der Waals surface area contributed by atoms with Crippen molar-refractivity contribution < 1.29 is 9.90 Å². The molecule has 0 aromatic carbocycles. The fraction of sp³-hybridized carbons (Fsp3) is 0.583. The summed E-state index contributed by atoms with van der Waals surface area (Å²) in [5.74, 6) is 0.335. The molecule has 0 atom stereocenters. The third-order valence-corrected chi connectivity index (χ3v) is 3.22. The van der Waals surface area contributed by atoms with Gasteiger partial charge in [-0.1, -0.05) is 6.42 Å². The second-order valence-corrected chi connectivity index (χ2v) is 4.38. The molecular formula is C12H17N3O2. The van der Waals surface area contributed by atoms with Crippen LogP contribution in [-0.2, 0) is 11.2 Å². The molecule has 1 aromatic rings. The molecule has 1 aromatic heterocycles. The van der Waals surface area contributed by atoms with Gasteiger partial charge in [0.1, 0.15) is 0 Å². The van der Waals surface area contributed by atoms with Crippen molar-refractivity contribution in [2.75, 3.05) is 12.4 Å². The molecule has 0 saturated heterocycles. The Kier molecular flexibility index (Phi) is 3.56. The number of aromatic nitrogens is 2. The van der Waals surface area contributed by atoms with E-state index in [0.29, 0.717) is 18.3 Å². The largest absolute Gasteiger partial charge is 0.481 e. The molecule has 92 valence electrons. The average Bonchev–Trinajstić information content (AvgIpc) is 2.24. The summed E-state index contributed by atoms with van der Waals surface area (Å²) in [6.45, 7) is 0. The number of carboxylic acid groups (broad SMARTS) is 1. The minimum Gasteiger partial charge on any atom is -0.481 e. The van der Waals surface area contributed by atoms with E-state index in [9.17, 15) is 4.79 Å².